The largest absolute Gasteiger partial charge is 1.00 e. The summed E-state index contributed by atoms with van der Waals surface area (Å²) in [7, 11) is -4.90. The van der Waals surface area contributed by atoms with Crippen molar-refractivity contribution in [3.05, 3.63) is 0 Å². The summed E-state index contributed by atoms with van der Waals surface area (Å²) >= 11 is 0. The Kier molecular flexibility index (Phi) is 75.3. The predicted molar refractivity (Wildman–Crippen MR) is 351 cm³/mol. The van der Waals surface area contributed by atoms with Gasteiger partial charge in [-0.05, 0) is 51.4 Å². The minimum Gasteiger partial charge on any atom is -1.00 e. The number of esters is 2. The maximum Gasteiger partial charge on any atom is 1.00 e. The molecule has 482 valence electrons. The second-order valence-corrected chi connectivity index (χ2v) is 27.2. The van der Waals surface area contributed by atoms with Gasteiger partial charge in [-0.3, -0.25) is 14.1 Å². The summed E-state index contributed by atoms with van der Waals surface area (Å²) < 4.78 is 48.2. The second kappa shape index (κ2) is 70.9. The van der Waals surface area contributed by atoms with E-state index >= 15 is 0 Å². The summed E-state index contributed by atoms with van der Waals surface area (Å²) in [6.45, 7) is 9.11. The number of carbonyl (C=O) groups excluding carboxylic acids is 2. The molecule has 0 amide bonds. The van der Waals surface area contributed by atoms with E-state index in [1.165, 1.54) is 308 Å². The molecular formula is C72H144Na2O7S. The molecule has 0 aromatic heterocycles. The molecule has 0 aromatic carbocycles. The SMILES string of the molecule is CCCCCCCCCCCCCCCCCC(CCCCCCCCCCCCCCCC)OC(=O)CC(C(=O)OC(CCCCCCCCCCCCCCCC)CCCCCCCCCCCCCCCCC)S(=O)(=O)O.[H-].[H-].[Na+].[Na+]. The Hall–Kier alpha value is 0.850. The normalized spacial score (nSPS) is 12.7. The van der Waals surface area contributed by atoms with E-state index in [0.29, 0.717) is 12.8 Å². The van der Waals surface area contributed by atoms with Crippen molar-refractivity contribution >= 4 is 22.1 Å². The third-order valence-electron chi connectivity index (χ3n) is 17.6. The van der Waals surface area contributed by atoms with Gasteiger partial charge in [-0.2, -0.15) is 8.42 Å². The van der Waals surface area contributed by atoms with Crippen LogP contribution in [0, 0.1) is 0 Å². The number of hydrogen-bond donors (Lipinski definition) is 1. The van der Waals surface area contributed by atoms with E-state index in [9.17, 15) is 22.6 Å². The van der Waals surface area contributed by atoms with Gasteiger partial charge in [0.25, 0.3) is 10.1 Å². The predicted octanol–water partition coefficient (Wildman–Crippen LogP) is 19.0. The van der Waals surface area contributed by atoms with Gasteiger partial charge in [0.1, 0.15) is 12.2 Å². The summed E-state index contributed by atoms with van der Waals surface area (Å²) in [5, 5.41) is -1.97. The smallest absolute Gasteiger partial charge is 1.00 e. The van der Waals surface area contributed by atoms with Crippen molar-refractivity contribution in [3.8, 4) is 0 Å². The first-order valence-electron chi connectivity index (χ1n) is 36.6. The van der Waals surface area contributed by atoms with Gasteiger partial charge in [-0.15, -0.1) is 0 Å². The van der Waals surface area contributed by atoms with Crippen molar-refractivity contribution in [2.24, 2.45) is 0 Å². The Morgan fingerprint density at radius 1 is 0.293 bits per heavy atom. The van der Waals surface area contributed by atoms with E-state index in [1.54, 1.807) is 0 Å². The van der Waals surface area contributed by atoms with E-state index < -0.39 is 39.8 Å². The Labute approximate surface area is 561 Å². The van der Waals surface area contributed by atoms with Crippen LogP contribution in [0.3, 0.4) is 0 Å². The number of hydrogen-bond acceptors (Lipinski definition) is 6. The molecule has 7 nitrogen and oxygen atoms in total. The van der Waals surface area contributed by atoms with Crippen LogP contribution in [0.5, 0.6) is 0 Å². The monoisotopic (exact) mass is 1200 g/mol. The van der Waals surface area contributed by atoms with Gasteiger partial charge in [-0.25, -0.2) is 0 Å². The van der Waals surface area contributed by atoms with Crippen molar-refractivity contribution < 1.29 is 94.0 Å². The number of unbranched alkanes of at least 4 members (excludes halogenated alkanes) is 54. The summed E-state index contributed by atoms with van der Waals surface area (Å²) in [5.41, 5.74) is 0. The topological polar surface area (TPSA) is 107 Å². The van der Waals surface area contributed by atoms with Crippen molar-refractivity contribution in [2.75, 3.05) is 0 Å². The molecule has 0 aliphatic rings. The maximum absolute atomic E-state index is 13.8. The van der Waals surface area contributed by atoms with E-state index in [2.05, 4.69) is 27.7 Å². The Morgan fingerprint density at radius 2 is 0.451 bits per heavy atom. The van der Waals surface area contributed by atoms with Crippen LogP contribution in [-0.2, 0) is 29.2 Å². The van der Waals surface area contributed by atoms with Gasteiger partial charge in [0.15, 0.2) is 5.25 Å². The van der Waals surface area contributed by atoms with Crippen LogP contribution >= 0.6 is 0 Å². The van der Waals surface area contributed by atoms with E-state index in [1.807, 2.05) is 0 Å². The molecule has 0 saturated heterocycles. The molecule has 0 aliphatic carbocycles. The summed E-state index contributed by atoms with van der Waals surface area (Å²) in [4.78, 5) is 27.5. The summed E-state index contributed by atoms with van der Waals surface area (Å²) in [5.74, 6) is -1.74. The fraction of sp³-hybridized carbons (Fsp3) is 0.972. The first kappa shape index (κ1) is 87.1. The zero-order valence-electron chi connectivity index (χ0n) is 58.6. The van der Waals surface area contributed by atoms with Crippen LogP contribution in [0.4, 0.5) is 0 Å². The first-order chi connectivity index (χ1) is 39.2. The molecule has 3 unspecified atom stereocenters. The molecular weight excluding hydrogens is 1050 g/mol. The molecule has 0 aromatic rings. The van der Waals surface area contributed by atoms with E-state index in [-0.39, 0.29) is 68.1 Å². The summed E-state index contributed by atoms with van der Waals surface area (Å²) in [6, 6.07) is 0. The van der Waals surface area contributed by atoms with Crippen molar-refractivity contribution in [1.29, 1.82) is 0 Å². The molecule has 0 heterocycles. The molecule has 82 heavy (non-hydrogen) atoms. The quantitative estimate of drug-likeness (QED) is 0.0280. The fourth-order valence-electron chi connectivity index (χ4n) is 12.1. The Bertz CT molecular complexity index is 1380. The van der Waals surface area contributed by atoms with Gasteiger partial charge < -0.3 is 12.3 Å². The molecule has 0 aliphatic heterocycles. The minimum atomic E-state index is -4.90. The molecule has 0 rings (SSSR count). The van der Waals surface area contributed by atoms with Crippen molar-refractivity contribution in [3.63, 3.8) is 0 Å². The maximum atomic E-state index is 13.8. The molecule has 0 bridgehead atoms. The standard InChI is InChI=1S/C72H142O7S.2Na.2H/c1-5-9-13-17-21-25-29-33-37-41-44-48-52-56-60-64-68(63-59-55-51-47-43-39-35-31-27-23-19-15-11-7-3)78-71(73)67-70(80(75,76)77)72(74)79-69(65-61-57-53-49-45-40-36-32-28-24-20-16-12-8-4)66-62-58-54-50-46-42-38-34-30-26-22-18-14-10-6-2;;;;/h68-70H,5-67H2,1-4H3,(H,75,76,77);;;;/q;2*+1;2*-1. The molecule has 0 spiro atoms. The number of carbonyl (C=O) groups is 2. The number of ether oxygens (including phenoxy) is 2. The molecule has 10 heteroatoms. The summed E-state index contributed by atoms with van der Waals surface area (Å²) in [6.07, 6.45) is 75.5. The molecule has 0 fully saturated rings. The van der Waals surface area contributed by atoms with Gasteiger partial charge >= 0.3 is 71.1 Å². The molecule has 0 saturated carbocycles. The van der Waals surface area contributed by atoms with Crippen LogP contribution in [-0.4, -0.2) is 42.4 Å². The zero-order chi connectivity index (χ0) is 58.3. The van der Waals surface area contributed by atoms with Gasteiger partial charge in [0.2, 0.25) is 0 Å². The molecule has 0 radical (unpaired) electrons. The Balaban J connectivity index is -0.00000520. The fourth-order valence-corrected chi connectivity index (χ4v) is 12.7. The third-order valence-corrected chi connectivity index (χ3v) is 18.7. The first-order valence-corrected chi connectivity index (χ1v) is 38.1. The van der Waals surface area contributed by atoms with Gasteiger partial charge in [0.05, 0.1) is 6.42 Å². The Morgan fingerprint density at radius 3 is 0.622 bits per heavy atom. The molecule has 1 N–H and O–H groups in total. The van der Waals surface area contributed by atoms with Crippen LogP contribution < -0.4 is 59.1 Å². The minimum absolute atomic E-state index is 0. The van der Waals surface area contributed by atoms with E-state index in [0.717, 1.165) is 77.0 Å². The van der Waals surface area contributed by atoms with Crippen LogP contribution in [0.1, 0.15) is 435 Å². The van der Waals surface area contributed by atoms with Crippen molar-refractivity contribution in [1.82, 2.24) is 0 Å². The second-order valence-electron chi connectivity index (χ2n) is 25.6. The number of rotatable bonds is 68. The van der Waals surface area contributed by atoms with Crippen LogP contribution in [0.2, 0.25) is 0 Å². The average Bonchev–Trinajstić information content (AvgIpc) is 3.54. The van der Waals surface area contributed by atoms with Gasteiger partial charge in [0, 0.05) is 0 Å². The third kappa shape index (κ3) is 65.3. The van der Waals surface area contributed by atoms with E-state index in [4.69, 9.17) is 9.47 Å². The molecule has 3 atom stereocenters. The zero-order valence-corrected chi connectivity index (χ0v) is 61.4. The van der Waals surface area contributed by atoms with Crippen molar-refractivity contribution in [2.45, 2.75) is 450 Å². The van der Waals surface area contributed by atoms with Gasteiger partial charge in [-0.1, -0.05) is 374 Å². The van der Waals surface area contributed by atoms with Crippen LogP contribution in [0.15, 0.2) is 0 Å². The average molecular weight is 1200 g/mol. The van der Waals surface area contributed by atoms with Crippen LogP contribution in [0.25, 0.3) is 0 Å².